The monoisotopic (exact) mass is 271 g/mol. The number of ether oxygens (including phenoxy) is 1. The van der Waals surface area contributed by atoms with Gasteiger partial charge in [-0.1, -0.05) is 11.6 Å². The van der Waals surface area contributed by atoms with Gasteiger partial charge in [-0.05, 0) is 20.8 Å². The van der Waals surface area contributed by atoms with Gasteiger partial charge in [-0.3, -0.25) is 9.48 Å². The first-order valence-electron chi connectivity index (χ1n) is 6.04. The molecule has 2 atom stereocenters. The molecular formula is C12H18ClN3O2. The molecule has 18 heavy (non-hydrogen) atoms. The molecule has 100 valence electrons. The van der Waals surface area contributed by atoms with Crippen molar-refractivity contribution < 1.29 is 9.53 Å². The summed E-state index contributed by atoms with van der Waals surface area (Å²) in [7, 11) is 1.78. The average Bonchev–Trinajstić information content (AvgIpc) is 2.55. The molecule has 0 aromatic carbocycles. The van der Waals surface area contributed by atoms with E-state index >= 15 is 0 Å². The molecule has 0 spiro atoms. The standard InChI is InChI=1S/C12H18ClN3O2/c1-7-5-16(6-8(2)18-7)12(17)11-10(13)9(3)15(4)14-11/h7-8H,5-6H2,1-4H3/t7-,8-/m0/s1. The van der Waals surface area contributed by atoms with E-state index in [0.717, 1.165) is 5.69 Å². The fourth-order valence-corrected chi connectivity index (χ4v) is 2.45. The summed E-state index contributed by atoms with van der Waals surface area (Å²) in [5.41, 5.74) is 1.13. The molecule has 1 aromatic rings. The van der Waals surface area contributed by atoms with Crippen LogP contribution < -0.4 is 0 Å². The fraction of sp³-hybridized carbons (Fsp3) is 0.667. The topological polar surface area (TPSA) is 47.4 Å². The maximum Gasteiger partial charge on any atom is 0.276 e. The predicted octanol–water partition coefficient (Wildman–Crippen LogP) is 1.63. The van der Waals surface area contributed by atoms with Gasteiger partial charge in [0, 0.05) is 20.1 Å². The van der Waals surface area contributed by atoms with Gasteiger partial charge in [-0.15, -0.1) is 0 Å². The molecule has 1 aliphatic heterocycles. The zero-order valence-corrected chi connectivity index (χ0v) is 11.9. The Morgan fingerprint density at radius 2 is 1.94 bits per heavy atom. The van der Waals surface area contributed by atoms with Gasteiger partial charge in [0.1, 0.15) is 0 Å². The Labute approximate surface area is 112 Å². The number of rotatable bonds is 1. The Hall–Kier alpha value is -1.07. The summed E-state index contributed by atoms with van der Waals surface area (Å²) in [6.45, 7) is 6.92. The van der Waals surface area contributed by atoms with E-state index in [1.54, 1.807) is 16.6 Å². The summed E-state index contributed by atoms with van der Waals surface area (Å²) in [6.07, 6.45) is 0.0857. The van der Waals surface area contributed by atoms with E-state index in [1.807, 2.05) is 20.8 Å². The van der Waals surface area contributed by atoms with Gasteiger partial charge in [0.2, 0.25) is 0 Å². The lowest BCUT2D eigenvalue weighted by Crippen LogP contribution is -2.48. The molecule has 1 fully saturated rings. The second kappa shape index (κ2) is 4.90. The lowest BCUT2D eigenvalue weighted by molar-refractivity contribution is -0.0587. The first kappa shape index (κ1) is 13.4. The van der Waals surface area contributed by atoms with E-state index in [1.165, 1.54) is 0 Å². The van der Waals surface area contributed by atoms with Crippen LogP contribution in [0.1, 0.15) is 30.0 Å². The van der Waals surface area contributed by atoms with Crippen molar-refractivity contribution in [2.45, 2.75) is 33.0 Å². The van der Waals surface area contributed by atoms with Crippen LogP contribution in [0.2, 0.25) is 5.02 Å². The van der Waals surface area contributed by atoms with Crippen LogP contribution in [0.3, 0.4) is 0 Å². The van der Waals surface area contributed by atoms with E-state index in [-0.39, 0.29) is 18.1 Å². The summed E-state index contributed by atoms with van der Waals surface area (Å²) >= 11 is 6.14. The summed E-state index contributed by atoms with van der Waals surface area (Å²) in [6, 6.07) is 0. The highest BCUT2D eigenvalue weighted by Gasteiger charge is 2.29. The molecule has 0 bridgehead atoms. The molecule has 0 unspecified atom stereocenters. The van der Waals surface area contributed by atoms with Crippen LogP contribution >= 0.6 is 11.6 Å². The first-order chi connectivity index (χ1) is 8.40. The number of hydrogen-bond acceptors (Lipinski definition) is 3. The normalized spacial score (nSPS) is 24.4. The van der Waals surface area contributed by atoms with Crippen molar-refractivity contribution in [3.63, 3.8) is 0 Å². The lowest BCUT2D eigenvalue weighted by atomic mass is 10.2. The highest BCUT2D eigenvalue weighted by molar-refractivity contribution is 6.34. The molecular weight excluding hydrogens is 254 g/mol. The summed E-state index contributed by atoms with van der Waals surface area (Å²) in [4.78, 5) is 14.1. The Bertz CT molecular complexity index is 462. The van der Waals surface area contributed by atoms with Gasteiger partial charge in [0.25, 0.3) is 5.91 Å². The largest absolute Gasteiger partial charge is 0.372 e. The summed E-state index contributed by atoms with van der Waals surface area (Å²) in [5.74, 6) is -0.120. The summed E-state index contributed by atoms with van der Waals surface area (Å²) in [5, 5.41) is 4.63. The van der Waals surface area contributed by atoms with Gasteiger partial charge in [0.05, 0.1) is 22.9 Å². The number of morpholine rings is 1. The Morgan fingerprint density at radius 3 is 2.39 bits per heavy atom. The molecule has 2 heterocycles. The maximum atomic E-state index is 12.4. The highest BCUT2D eigenvalue weighted by Crippen LogP contribution is 2.22. The van der Waals surface area contributed by atoms with Crippen LogP contribution in [0.5, 0.6) is 0 Å². The molecule has 1 aliphatic rings. The quantitative estimate of drug-likeness (QED) is 0.780. The van der Waals surface area contributed by atoms with Crippen molar-refractivity contribution in [2.75, 3.05) is 13.1 Å². The zero-order valence-electron chi connectivity index (χ0n) is 11.1. The minimum atomic E-state index is -0.120. The fourth-order valence-electron chi connectivity index (χ4n) is 2.21. The molecule has 0 aliphatic carbocycles. The summed E-state index contributed by atoms with van der Waals surface area (Å²) < 4.78 is 7.24. The van der Waals surface area contributed by atoms with Crippen molar-refractivity contribution in [2.24, 2.45) is 7.05 Å². The Morgan fingerprint density at radius 1 is 1.39 bits per heavy atom. The van der Waals surface area contributed by atoms with Gasteiger partial charge >= 0.3 is 0 Å². The number of aryl methyl sites for hydroxylation is 1. The number of hydrogen-bond donors (Lipinski definition) is 0. The number of aromatic nitrogens is 2. The van der Waals surface area contributed by atoms with E-state index in [0.29, 0.717) is 23.8 Å². The van der Waals surface area contributed by atoms with Crippen LogP contribution in [0.25, 0.3) is 0 Å². The van der Waals surface area contributed by atoms with Crippen LogP contribution in [0.4, 0.5) is 0 Å². The van der Waals surface area contributed by atoms with Crippen molar-refractivity contribution in [3.8, 4) is 0 Å². The molecule has 5 nitrogen and oxygen atoms in total. The smallest absolute Gasteiger partial charge is 0.276 e. The maximum absolute atomic E-state index is 12.4. The molecule has 6 heteroatoms. The Kier molecular flexibility index (Phi) is 3.64. The van der Waals surface area contributed by atoms with Crippen molar-refractivity contribution in [3.05, 3.63) is 16.4 Å². The molecule has 0 N–H and O–H groups in total. The third-order valence-corrected chi connectivity index (χ3v) is 3.62. The van der Waals surface area contributed by atoms with Gasteiger partial charge < -0.3 is 9.64 Å². The minimum absolute atomic E-state index is 0.0429. The van der Waals surface area contributed by atoms with Gasteiger partial charge in [-0.2, -0.15) is 5.10 Å². The number of carbonyl (C=O) groups excluding carboxylic acids is 1. The van der Waals surface area contributed by atoms with Crippen molar-refractivity contribution in [1.82, 2.24) is 14.7 Å². The Balaban J connectivity index is 2.23. The molecule has 1 aromatic heterocycles. The average molecular weight is 272 g/mol. The predicted molar refractivity (Wildman–Crippen MR) is 68.9 cm³/mol. The van der Waals surface area contributed by atoms with Crippen LogP contribution in [-0.4, -0.2) is 45.9 Å². The van der Waals surface area contributed by atoms with Crippen LogP contribution in [0.15, 0.2) is 0 Å². The number of amides is 1. The van der Waals surface area contributed by atoms with Gasteiger partial charge in [0.15, 0.2) is 5.69 Å². The van der Waals surface area contributed by atoms with Crippen molar-refractivity contribution in [1.29, 1.82) is 0 Å². The van der Waals surface area contributed by atoms with E-state index in [9.17, 15) is 4.79 Å². The number of carbonyl (C=O) groups is 1. The van der Waals surface area contributed by atoms with Gasteiger partial charge in [-0.25, -0.2) is 0 Å². The SMILES string of the molecule is Cc1c(Cl)c(C(=O)N2C[C@H](C)O[C@@H](C)C2)nn1C. The molecule has 0 radical (unpaired) electrons. The first-order valence-corrected chi connectivity index (χ1v) is 6.41. The molecule has 0 saturated carbocycles. The second-order valence-corrected chi connectivity index (χ2v) is 5.22. The number of halogens is 1. The van der Waals surface area contributed by atoms with Crippen molar-refractivity contribution >= 4 is 17.5 Å². The molecule has 1 amide bonds. The molecule has 2 rings (SSSR count). The highest BCUT2D eigenvalue weighted by atomic mass is 35.5. The number of nitrogens with zero attached hydrogens (tertiary/aromatic N) is 3. The molecule has 1 saturated heterocycles. The van der Waals surface area contributed by atoms with E-state index in [4.69, 9.17) is 16.3 Å². The zero-order chi connectivity index (χ0) is 13.4. The minimum Gasteiger partial charge on any atom is -0.372 e. The third kappa shape index (κ3) is 2.37. The van der Waals surface area contributed by atoms with Crippen LogP contribution in [-0.2, 0) is 11.8 Å². The second-order valence-electron chi connectivity index (χ2n) is 4.84. The third-order valence-electron chi connectivity index (χ3n) is 3.17. The lowest BCUT2D eigenvalue weighted by Gasteiger charge is -2.34. The van der Waals surface area contributed by atoms with E-state index < -0.39 is 0 Å². The van der Waals surface area contributed by atoms with E-state index in [2.05, 4.69) is 5.10 Å². The van der Waals surface area contributed by atoms with Crippen LogP contribution in [0, 0.1) is 6.92 Å².